The van der Waals surface area contributed by atoms with Crippen LogP contribution in [0.25, 0.3) is 0 Å². The van der Waals surface area contributed by atoms with Crippen LogP contribution in [0.15, 0.2) is 9.13 Å². The Bertz CT molecular complexity index is 581. The molecule has 0 radical (unpaired) electrons. The number of fused-ring (bicyclic) bond motifs is 2. The third-order valence-corrected chi connectivity index (χ3v) is 5.76. The van der Waals surface area contributed by atoms with E-state index in [9.17, 15) is 4.21 Å². The summed E-state index contributed by atoms with van der Waals surface area (Å²) in [5, 5.41) is 0. The van der Waals surface area contributed by atoms with E-state index in [2.05, 4.69) is 29.9 Å². The fourth-order valence-corrected chi connectivity index (χ4v) is 3.89. The number of rotatable bonds is 2. The molecule has 2 heterocycles. The fraction of sp³-hybridized carbons (Fsp3) is 0.692. The molecule has 1 spiro atoms. The molecule has 1 aliphatic heterocycles. The number of halogens is 1. The second-order valence-corrected chi connectivity index (χ2v) is 9.01. The average molecular weight is 344 g/mol. The molecule has 0 bridgehead atoms. The Morgan fingerprint density at radius 1 is 1.42 bits per heavy atom. The Kier molecular flexibility index (Phi) is 3.02. The molecule has 19 heavy (non-hydrogen) atoms. The van der Waals surface area contributed by atoms with Crippen LogP contribution in [0.1, 0.15) is 51.4 Å². The Morgan fingerprint density at radius 3 is 2.68 bits per heavy atom. The van der Waals surface area contributed by atoms with Crippen molar-refractivity contribution >= 4 is 33.1 Å². The lowest BCUT2D eigenvalue weighted by Gasteiger charge is -2.12. The van der Waals surface area contributed by atoms with Crippen LogP contribution in [-0.4, -0.2) is 24.7 Å². The number of imidazole rings is 1. The predicted molar refractivity (Wildman–Crippen MR) is 80.9 cm³/mol. The van der Waals surface area contributed by atoms with Crippen LogP contribution < -0.4 is 0 Å². The SMILES string of the molecule is CC(C)(C)[S@](=O)N=Cc1nc(Br)n2c1CCC21CC1. The van der Waals surface area contributed by atoms with Gasteiger partial charge in [-0.1, -0.05) is 0 Å². The Balaban J connectivity index is 1.90. The number of aromatic nitrogens is 2. The highest BCUT2D eigenvalue weighted by Crippen LogP contribution is 2.53. The van der Waals surface area contributed by atoms with Crippen molar-refractivity contribution in [3.05, 3.63) is 16.1 Å². The molecule has 104 valence electrons. The van der Waals surface area contributed by atoms with Crippen LogP contribution in [0.3, 0.4) is 0 Å². The van der Waals surface area contributed by atoms with Gasteiger partial charge in [0, 0.05) is 11.2 Å². The molecule has 1 aromatic heterocycles. The largest absolute Gasteiger partial charge is 0.316 e. The summed E-state index contributed by atoms with van der Waals surface area (Å²) in [4.78, 5) is 4.52. The maximum absolute atomic E-state index is 12.0. The molecule has 4 nitrogen and oxygen atoms in total. The van der Waals surface area contributed by atoms with Crippen LogP contribution >= 0.6 is 15.9 Å². The summed E-state index contributed by atoms with van der Waals surface area (Å²) in [6.07, 6.45) is 6.42. The second kappa shape index (κ2) is 4.25. The second-order valence-electron chi connectivity index (χ2n) is 6.37. The summed E-state index contributed by atoms with van der Waals surface area (Å²) in [5.74, 6) is 0. The lowest BCUT2D eigenvalue weighted by atomic mass is 10.2. The van der Waals surface area contributed by atoms with Gasteiger partial charge in [-0.2, -0.15) is 4.40 Å². The third-order valence-electron chi connectivity index (χ3n) is 3.89. The third kappa shape index (κ3) is 2.23. The molecule has 3 rings (SSSR count). The molecule has 0 saturated heterocycles. The first kappa shape index (κ1) is 13.5. The van der Waals surface area contributed by atoms with Crippen LogP contribution in [0.2, 0.25) is 0 Å². The van der Waals surface area contributed by atoms with Crippen molar-refractivity contribution in [1.29, 1.82) is 0 Å². The molecule has 0 unspecified atom stereocenters. The van der Waals surface area contributed by atoms with Gasteiger partial charge in [0.05, 0.1) is 11.0 Å². The van der Waals surface area contributed by atoms with Crippen LogP contribution in [0.5, 0.6) is 0 Å². The number of hydrogen-bond acceptors (Lipinski definition) is 2. The van der Waals surface area contributed by atoms with Crippen molar-refractivity contribution in [2.24, 2.45) is 4.40 Å². The lowest BCUT2D eigenvalue weighted by Crippen LogP contribution is -2.19. The van der Waals surface area contributed by atoms with Gasteiger partial charge < -0.3 is 4.57 Å². The highest BCUT2D eigenvalue weighted by Gasteiger charge is 2.50. The maximum atomic E-state index is 12.0. The van der Waals surface area contributed by atoms with Gasteiger partial charge >= 0.3 is 0 Å². The lowest BCUT2D eigenvalue weighted by molar-refractivity contribution is 0.498. The van der Waals surface area contributed by atoms with Gasteiger partial charge in [0.1, 0.15) is 16.7 Å². The fourth-order valence-electron chi connectivity index (χ4n) is 2.60. The first-order valence-corrected chi connectivity index (χ1v) is 8.47. The van der Waals surface area contributed by atoms with Crippen molar-refractivity contribution in [3.8, 4) is 0 Å². The van der Waals surface area contributed by atoms with Gasteiger partial charge in [-0.25, -0.2) is 9.19 Å². The summed E-state index contributed by atoms with van der Waals surface area (Å²) >= 11 is 3.54. The normalized spacial score (nSPS) is 22.1. The summed E-state index contributed by atoms with van der Waals surface area (Å²) < 4.78 is 19.0. The van der Waals surface area contributed by atoms with Crippen molar-refractivity contribution in [1.82, 2.24) is 9.55 Å². The van der Waals surface area contributed by atoms with Crippen molar-refractivity contribution < 1.29 is 4.21 Å². The van der Waals surface area contributed by atoms with Crippen molar-refractivity contribution in [2.75, 3.05) is 0 Å². The average Bonchev–Trinajstić information content (AvgIpc) is 2.86. The van der Waals surface area contributed by atoms with E-state index in [4.69, 9.17) is 0 Å². The Hall–Kier alpha value is -0.490. The van der Waals surface area contributed by atoms with Crippen molar-refractivity contribution in [3.63, 3.8) is 0 Å². The first-order chi connectivity index (χ1) is 8.83. The molecule has 1 fully saturated rings. The quantitative estimate of drug-likeness (QED) is 0.775. The minimum Gasteiger partial charge on any atom is -0.316 e. The molecule has 2 aliphatic rings. The topological polar surface area (TPSA) is 47.2 Å². The summed E-state index contributed by atoms with van der Waals surface area (Å²) in [7, 11) is -1.22. The first-order valence-electron chi connectivity index (χ1n) is 6.57. The molecule has 6 heteroatoms. The monoisotopic (exact) mass is 343 g/mol. The van der Waals surface area contributed by atoms with E-state index in [-0.39, 0.29) is 4.75 Å². The molecular formula is C13H18BrN3OS. The minimum absolute atomic E-state index is 0.325. The Labute approximate surface area is 124 Å². The van der Waals surface area contributed by atoms with Gasteiger partial charge in [0.25, 0.3) is 0 Å². The highest BCUT2D eigenvalue weighted by atomic mass is 79.9. The van der Waals surface area contributed by atoms with Crippen LogP contribution in [0, 0.1) is 0 Å². The zero-order valence-corrected chi connectivity index (χ0v) is 13.8. The predicted octanol–water partition coefficient (Wildman–Crippen LogP) is 2.96. The van der Waals surface area contributed by atoms with Crippen LogP contribution in [0.4, 0.5) is 0 Å². The van der Waals surface area contributed by atoms with Crippen molar-refractivity contribution in [2.45, 2.75) is 56.7 Å². The van der Waals surface area contributed by atoms with Gasteiger partial charge in [0.15, 0.2) is 4.73 Å². The minimum atomic E-state index is -1.22. The van der Waals surface area contributed by atoms with Gasteiger partial charge in [-0.3, -0.25) is 0 Å². The van der Waals surface area contributed by atoms with E-state index in [1.807, 2.05) is 20.8 Å². The van der Waals surface area contributed by atoms with Gasteiger partial charge in [0.2, 0.25) is 0 Å². The van der Waals surface area contributed by atoms with Gasteiger partial charge in [-0.15, -0.1) is 0 Å². The van der Waals surface area contributed by atoms with E-state index in [1.54, 1.807) is 6.21 Å². The zero-order chi connectivity index (χ0) is 13.8. The molecule has 0 aromatic carbocycles. The molecule has 0 amide bonds. The van der Waals surface area contributed by atoms with E-state index < -0.39 is 11.0 Å². The van der Waals surface area contributed by atoms with E-state index in [0.29, 0.717) is 5.54 Å². The summed E-state index contributed by atoms with van der Waals surface area (Å²) in [6, 6.07) is 0. The molecular weight excluding hydrogens is 326 g/mol. The standard InChI is InChI=1S/C13H18BrN3OS/c1-12(2,3)19(18)15-8-9-10-4-5-13(6-7-13)17(10)11(14)16-9/h8H,4-7H2,1-3H3/t19-/m0/s1. The molecule has 1 saturated carbocycles. The summed E-state index contributed by atoms with van der Waals surface area (Å²) in [6.45, 7) is 5.77. The highest BCUT2D eigenvalue weighted by molar-refractivity contribution is 9.10. The Morgan fingerprint density at radius 2 is 2.11 bits per heavy atom. The molecule has 1 aliphatic carbocycles. The number of hydrogen-bond donors (Lipinski definition) is 0. The smallest absolute Gasteiger partial charge is 0.178 e. The maximum Gasteiger partial charge on any atom is 0.178 e. The molecule has 0 N–H and O–H groups in total. The summed E-state index contributed by atoms with van der Waals surface area (Å²) in [5.41, 5.74) is 2.43. The van der Waals surface area contributed by atoms with E-state index >= 15 is 0 Å². The van der Waals surface area contributed by atoms with E-state index in [1.165, 1.54) is 25.0 Å². The van der Waals surface area contributed by atoms with Gasteiger partial charge in [-0.05, 0) is 62.4 Å². The molecule has 1 atom stereocenters. The zero-order valence-electron chi connectivity index (χ0n) is 11.4. The van der Waals surface area contributed by atoms with E-state index in [0.717, 1.165) is 16.8 Å². The molecule has 1 aromatic rings. The number of nitrogens with zero attached hydrogens (tertiary/aromatic N) is 3. The van der Waals surface area contributed by atoms with Crippen LogP contribution in [-0.2, 0) is 22.9 Å².